The highest BCUT2D eigenvalue weighted by Gasteiger charge is 2.33. The normalized spacial score (nSPS) is 11.3. The highest BCUT2D eigenvalue weighted by Crippen LogP contribution is 2.32. The molecular weight excluding hydrogens is 475 g/mol. The van der Waals surface area contributed by atoms with E-state index in [4.69, 9.17) is 5.26 Å². The zero-order valence-electron chi connectivity index (χ0n) is 14.3. The molecule has 0 saturated carbocycles. The molecule has 0 atom stereocenters. The lowest BCUT2D eigenvalue weighted by molar-refractivity contribution is -0.138. The van der Waals surface area contributed by atoms with Crippen LogP contribution in [-0.2, 0) is 19.3 Å². The number of nitrogens with zero attached hydrogens (tertiary/aromatic N) is 2. The number of aliphatic imine (C=N–C) groups is 1. The van der Waals surface area contributed by atoms with Crippen LogP contribution in [-0.4, -0.2) is 13.0 Å². The lowest BCUT2D eigenvalue weighted by Gasteiger charge is -2.16. The molecule has 0 fully saturated rings. The number of benzene rings is 2. The van der Waals surface area contributed by atoms with Crippen LogP contribution in [0.4, 0.5) is 17.6 Å². The lowest BCUT2D eigenvalue weighted by atomic mass is 10.1. The number of rotatable bonds is 4. The predicted octanol–water partition coefficient (Wildman–Crippen LogP) is 4.20. The summed E-state index contributed by atoms with van der Waals surface area (Å²) in [6, 6.07) is 11.4. The van der Waals surface area contributed by atoms with Crippen LogP contribution in [0, 0.1) is 17.1 Å². The molecule has 2 aromatic carbocycles. The first-order chi connectivity index (χ1) is 12.3. The molecule has 2 N–H and O–H groups in total. The van der Waals surface area contributed by atoms with Crippen molar-refractivity contribution >= 4 is 29.9 Å². The Morgan fingerprint density at radius 2 is 1.70 bits per heavy atom. The number of alkyl halides is 3. The summed E-state index contributed by atoms with van der Waals surface area (Å²) in [5.41, 5.74) is 0.310. The average Bonchev–Trinajstić information content (AvgIpc) is 2.62. The van der Waals surface area contributed by atoms with E-state index in [1.807, 2.05) is 6.07 Å². The van der Waals surface area contributed by atoms with E-state index in [2.05, 4.69) is 15.6 Å². The van der Waals surface area contributed by atoms with Crippen LogP contribution < -0.4 is 10.6 Å². The summed E-state index contributed by atoms with van der Waals surface area (Å²) in [5.74, 6) is -0.642. The third-order valence-corrected chi connectivity index (χ3v) is 3.59. The minimum Gasteiger partial charge on any atom is -0.352 e. The molecule has 0 spiro atoms. The van der Waals surface area contributed by atoms with Crippen LogP contribution in [0.15, 0.2) is 47.5 Å². The van der Waals surface area contributed by atoms with Crippen LogP contribution in [0.25, 0.3) is 0 Å². The Balaban J connectivity index is 0.00000364. The van der Waals surface area contributed by atoms with Crippen molar-refractivity contribution in [2.45, 2.75) is 19.3 Å². The molecule has 2 aromatic rings. The summed E-state index contributed by atoms with van der Waals surface area (Å²) < 4.78 is 52.1. The average molecular weight is 492 g/mol. The third kappa shape index (κ3) is 6.71. The van der Waals surface area contributed by atoms with Gasteiger partial charge >= 0.3 is 6.18 Å². The van der Waals surface area contributed by atoms with Gasteiger partial charge in [-0.3, -0.25) is 4.99 Å². The Kier molecular flexibility index (Phi) is 8.49. The van der Waals surface area contributed by atoms with Crippen LogP contribution in [0.5, 0.6) is 0 Å². The summed E-state index contributed by atoms with van der Waals surface area (Å²) >= 11 is 0. The summed E-state index contributed by atoms with van der Waals surface area (Å²) in [6.45, 7) is 0.211. The second-order valence-electron chi connectivity index (χ2n) is 5.39. The van der Waals surface area contributed by atoms with E-state index in [1.165, 1.54) is 7.05 Å². The molecule has 0 radical (unpaired) electrons. The van der Waals surface area contributed by atoms with E-state index in [0.717, 1.165) is 17.7 Å². The molecule has 0 heterocycles. The van der Waals surface area contributed by atoms with E-state index in [0.29, 0.717) is 24.1 Å². The molecule has 9 heteroatoms. The van der Waals surface area contributed by atoms with Crippen molar-refractivity contribution in [3.63, 3.8) is 0 Å². The van der Waals surface area contributed by atoms with Gasteiger partial charge in [0, 0.05) is 20.1 Å². The molecule has 0 aromatic heterocycles. The van der Waals surface area contributed by atoms with Crippen molar-refractivity contribution in [3.05, 3.63) is 70.5 Å². The molecular formula is C18H17F4IN4. The lowest BCUT2D eigenvalue weighted by Crippen LogP contribution is -2.36. The van der Waals surface area contributed by atoms with Gasteiger partial charge in [-0.15, -0.1) is 24.0 Å². The Labute approximate surface area is 171 Å². The molecule has 0 saturated heterocycles. The maximum Gasteiger partial charge on any atom is 0.416 e. The van der Waals surface area contributed by atoms with E-state index in [9.17, 15) is 17.6 Å². The fraction of sp³-hybridized carbons (Fsp3) is 0.222. The standard InChI is InChI=1S/C18H16F4N4.HI/c1-24-17(25-10-13-4-2-12(9-23)3-5-13)26-11-14-6-7-15(19)8-16(14)18(20,21)22;/h2-8H,10-11H2,1H3,(H2,24,25,26);1H. The number of hydrogen-bond donors (Lipinski definition) is 2. The molecule has 27 heavy (non-hydrogen) atoms. The van der Waals surface area contributed by atoms with Crippen LogP contribution in [0.3, 0.4) is 0 Å². The first-order valence-electron chi connectivity index (χ1n) is 7.62. The zero-order chi connectivity index (χ0) is 19.2. The topological polar surface area (TPSA) is 60.2 Å². The van der Waals surface area contributed by atoms with Crippen molar-refractivity contribution in [2.75, 3.05) is 7.05 Å². The van der Waals surface area contributed by atoms with Gasteiger partial charge in [-0.05, 0) is 35.4 Å². The second-order valence-corrected chi connectivity index (χ2v) is 5.39. The SMILES string of the molecule is CN=C(NCc1ccc(C#N)cc1)NCc1ccc(F)cc1C(F)(F)F.I. The number of nitriles is 1. The van der Waals surface area contributed by atoms with Crippen molar-refractivity contribution in [1.29, 1.82) is 5.26 Å². The van der Waals surface area contributed by atoms with Crippen molar-refractivity contribution < 1.29 is 17.6 Å². The third-order valence-electron chi connectivity index (χ3n) is 3.59. The molecule has 0 bridgehead atoms. The second kappa shape index (κ2) is 10.1. The summed E-state index contributed by atoms with van der Waals surface area (Å²) in [7, 11) is 1.49. The molecule has 0 aliphatic carbocycles. The van der Waals surface area contributed by atoms with E-state index in [-0.39, 0.29) is 36.1 Å². The van der Waals surface area contributed by atoms with E-state index in [1.54, 1.807) is 24.3 Å². The fourth-order valence-electron chi connectivity index (χ4n) is 2.25. The molecule has 144 valence electrons. The molecule has 2 rings (SSSR count). The Morgan fingerprint density at radius 3 is 2.26 bits per heavy atom. The number of halogens is 5. The highest BCUT2D eigenvalue weighted by molar-refractivity contribution is 14.0. The number of hydrogen-bond acceptors (Lipinski definition) is 2. The largest absolute Gasteiger partial charge is 0.416 e. The number of guanidine groups is 1. The van der Waals surface area contributed by atoms with Gasteiger partial charge in [-0.1, -0.05) is 18.2 Å². The molecule has 0 aliphatic rings. The summed E-state index contributed by atoms with van der Waals surface area (Å²) in [4.78, 5) is 3.95. The maximum absolute atomic E-state index is 13.1. The highest BCUT2D eigenvalue weighted by atomic mass is 127. The molecule has 0 amide bonds. The van der Waals surface area contributed by atoms with Gasteiger partial charge in [0.1, 0.15) is 5.82 Å². The Morgan fingerprint density at radius 1 is 1.07 bits per heavy atom. The van der Waals surface area contributed by atoms with E-state index >= 15 is 0 Å². The molecule has 0 unspecified atom stereocenters. The molecule has 0 aliphatic heterocycles. The fourth-order valence-corrected chi connectivity index (χ4v) is 2.25. The Hall–Kier alpha value is -2.35. The van der Waals surface area contributed by atoms with Crippen molar-refractivity contribution in [1.82, 2.24) is 10.6 Å². The minimum absolute atomic E-state index is 0. The Bertz CT molecular complexity index is 827. The quantitative estimate of drug-likeness (QED) is 0.291. The van der Waals surface area contributed by atoms with Gasteiger partial charge < -0.3 is 10.6 Å². The first kappa shape index (κ1) is 22.7. The van der Waals surface area contributed by atoms with Gasteiger partial charge in [0.2, 0.25) is 0 Å². The van der Waals surface area contributed by atoms with Gasteiger partial charge in [-0.2, -0.15) is 18.4 Å². The zero-order valence-corrected chi connectivity index (χ0v) is 16.6. The predicted molar refractivity (Wildman–Crippen MR) is 105 cm³/mol. The molecule has 4 nitrogen and oxygen atoms in total. The van der Waals surface area contributed by atoms with Gasteiger partial charge in [0.25, 0.3) is 0 Å². The summed E-state index contributed by atoms with van der Waals surface area (Å²) in [5, 5.41) is 14.5. The van der Waals surface area contributed by atoms with Crippen LogP contribution >= 0.6 is 24.0 Å². The van der Waals surface area contributed by atoms with Crippen molar-refractivity contribution in [3.8, 4) is 6.07 Å². The van der Waals surface area contributed by atoms with Crippen LogP contribution in [0.2, 0.25) is 0 Å². The minimum atomic E-state index is -4.64. The van der Waals surface area contributed by atoms with Crippen molar-refractivity contribution in [2.24, 2.45) is 4.99 Å². The summed E-state index contributed by atoms with van der Waals surface area (Å²) in [6.07, 6.45) is -4.64. The van der Waals surface area contributed by atoms with Gasteiger partial charge in [0.15, 0.2) is 5.96 Å². The number of nitrogens with one attached hydrogen (secondary N) is 2. The van der Waals surface area contributed by atoms with E-state index < -0.39 is 17.6 Å². The first-order valence-corrected chi connectivity index (χ1v) is 7.62. The van der Waals surface area contributed by atoms with Gasteiger partial charge in [-0.25, -0.2) is 4.39 Å². The monoisotopic (exact) mass is 492 g/mol. The maximum atomic E-state index is 13.1. The van der Waals surface area contributed by atoms with Gasteiger partial charge in [0.05, 0.1) is 17.2 Å². The van der Waals surface area contributed by atoms with Crippen LogP contribution in [0.1, 0.15) is 22.3 Å². The smallest absolute Gasteiger partial charge is 0.352 e.